The molecule has 0 aromatic carbocycles. The standard InChI is InChI=1S/C55H99NO13/c1-3-5-7-9-11-13-15-17-18-19-20-21-22-23-24-25-27-28-30-32-34-36-38-44(59)43(56-47(60)39-37-35-33-31-29-26-16-14-12-10-8-6-4-2)42-66-54-52(65)50(63)53(46(41-58)68-54)69-55-51(64)49(62)48(61)45(40-57)67-55/h8,10,14,16,28,30,36,38,43-46,48-55,57-59,61-65H,3-7,9,11-13,15,17-27,29,31-35,37,39-42H2,1-2H3,(H,56,60)/b10-8-,16-14-,30-28+,38-36+. The molecule has 12 unspecified atom stereocenters. The highest BCUT2D eigenvalue weighted by Gasteiger charge is 2.51. The Kier molecular flexibility index (Phi) is 37.9. The molecule has 2 fully saturated rings. The number of allylic oxidation sites excluding steroid dienone is 7. The quantitative estimate of drug-likeness (QED) is 0.0209. The van der Waals surface area contributed by atoms with Crippen LogP contribution >= 0.6 is 0 Å². The number of amides is 1. The van der Waals surface area contributed by atoms with Gasteiger partial charge >= 0.3 is 0 Å². The van der Waals surface area contributed by atoms with E-state index in [9.17, 15) is 45.6 Å². The number of aliphatic hydroxyl groups excluding tert-OH is 8. The first-order valence-corrected chi connectivity index (χ1v) is 27.4. The maximum absolute atomic E-state index is 13.2. The molecule has 402 valence electrons. The van der Waals surface area contributed by atoms with E-state index in [2.05, 4.69) is 55.6 Å². The molecule has 2 aliphatic rings. The van der Waals surface area contributed by atoms with Crippen molar-refractivity contribution >= 4 is 5.91 Å². The molecule has 14 heteroatoms. The molecule has 0 bridgehead atoms. The Morgan fingerprint density at radius 2 is 1.00 bits per heavy atom. The van der Waals surface area contributed by atoms with E-state index in [0.717, 1.165) is 64.2 Å². The zero-order chi connectivity index (χ0) is 50.3. The van der Waals surface area contributed by atoms with Gasteiger partial charge in [0.2, 0.25) is 5.91 Å². The van der Waals surface area contributed by atoms with Crippen molar-refractivity contribution in [3.05, 3.63) is 48.6 Å². The van der Waals surface area contributed by atoms with E-state index in [1.165, 1.54) is 103 Å². The van der Waals surface area contributed by atoms with Crippen LogP contribution in [0.1, 0.15) is 200 Å². The lowest BCUT2D eigenvalue weighted by molar-refractivity contribution is -0.359. The summed E-state index contributed by atoms with van der Waals surface area (Å²) in [5.41, 5.74) is 0. The first kappa shape index (κ1) is 63.1. The molecule has 2 heterocycles. The number of hydrogen-bond donors (Lipinski definition) is 9. The maximum Gasteiger partial charge on any atom is 0.220 e. The van der Waals surface area contributed by atoms with Crippen LogP contribution in [0.25, 0.3) is 0 Å². The van der Waals surface area contributed by atoms with Crippen LogP contribution < -0.4 is 5.32 Å². The number of nitrogens with one attached hydrogen (secondary N) is 1. The third kappa shape index (κ3) is 28.1. The maximum atomic E-state index is 13.2. The summed E-state index contributed by atoms with van der Waals surface area (Å²) in [4.78, 5) is 13.2. The zero-order valence-corrected chi connectivity index (χ0v) is 42.8. The molecule has 69 heavy (non-hydrogen) atoms. The van der Waals surface area contributed by atoms with Gasteiger partial charge in [0.1, 0.15) is 48.8 Å². The molecule has 0 spiro atoms. The molecule has 9 N–H and O–H groups in total. The summed E-state index contributed by atoms with van der Waals surface area (Å²) >= 11 is 0. The molecular formula is C55H99NO13. The Morgan fingerprint density at radius 1 is 0.522 bits per heavy atom. The summed E-state index contributed by atoms with van der Waals surface area (Å²) in [6.45, 7) is 2.69. The number of carbonyl (C=O) groups is 1. The predicted octanol–water partition coefficient (Wildman–Crippen LogP) is 8.05. The molecule has 2 aliphatic heterocycles. The summed E-state index contributed by atoms with van der Waals surface area (Å²) in [6.07, 6.45) is 33.0. The SMILES string of the molecule is CCC/C=C\C/C=C\CCCCCCCC(=O)NC(COC1OC(CO)C(OC2OC(CO)C(O)C(O)C2O)C(O)C1O)C(O)/C=C/CC/C=C/CCCCCCCCCCCCCCCCCC. The number of hydrogen-bond acceptors (Lipinski definition) is 13. The summed E-state index contributed by atoms with van der Waals surface area (Å²) in [5, 5.41) is 86.8. The van der Waals surface area contributed by atoms with Crippen molar-refractivity contribution in [2.75, 3.05) is 19.8 Å². The minimum absolute atomic E-state index is 0.256. The van der Waals surface area contributed by atoms with Crippen LogP contribution in [0.15, 0.2) is 48.6 Å². The molecule has 0 saturated carbocycles. The number of ether oxygens (including phenoxy) is 4. The second-order valence-electron chi connectivity index (χ2n) is 19.3. The van der Waals surface area contributed by atoms with Gasteiger partial charge in [0.15, 0.2) is 12.6 Å². The molecule has 0 aromatic heterocycles. The Bertz CT molecular complexity index is 1340. The predicted molar refractivity (Wildman–Crippen MR) is 272 cm³/mol. The largest absolute Gasteiger partial charge is 0.394 e. The summed E-state index contributed by atoms with van der Waals surface area (Å²) in [6, 6.07) is -0.939. The van der Waals surface area contributed by atoms with Gasteiger partial charge in [-0.05, 0) is 57.8 Å². The van der Waals surface area contributed by atoms with Gasteiger partial charge < -0.3 is 65.1 Å². The molecule has 0 aromatic rings. The van der Waals surface area contributed by atoms with Crippen LogP contribution in [-0.2, 0) is 23.7 Å². The molecule has 12 atom stereocenters. The van der Waals surface area contributed by atoms with Crippen LogP contribution in [-0.4, -0.2) is 140 Å². The van der Waals surface area contributed by atoms with E-state index < -0.39 is 86.8 Å². The van der Waals surface area contributed by atoms with Crippen molar-refractivity contribution in [3.63, 3.8) is 0 Å². The van der Waals surface area contributed by atoms with E-state index >= 15 is 0 Å². The van der Waals surface area contributed by atoms with E-state index in [1.807, 2.05) is 6.08 Å². The van der Waals surface area contributed by atoms with Gasteiger partial charge in [-0.3, -0.25) is 4.79 Å². The Morgan fingerprint density at radius 3 is 1.57 bits per heavy atom. The lowest BCUT2D eigenvalue weighted by Crippen LogP contribution is -2.65. The second kappa shape index (κ2) is 41.4. The van der Waals surface area contributed by atoms with Crippen LogP contribution in [0.2, 0.25) is 0 Å². The van der Waals surface area contributed by atoms with Gasteiger partial charge in [0.25, 0.3) is 0 Å². The van der Waals surface area contributed by atoms with Gasteiger partial charge in [-0.2, -0.15) is 0 Å². The van der Waals surface area contributed by atoms with E-state index in [1.54, 1.807) is 6.08 Å². The van der Waals surface area contributed by atoms with Crippen LogP contribution in [0.4, 0.5) is 0 Å². The van der Waals surface area contributed by atoms with E-state index in [0.29, 0.717) is 12.8 Å². The normalized spacial score (nSPS) is 26.5. The Hall–Kier alpha value is -2.05. The first-order valence-electron chi connectivity index (χ1n) is 27.4. The fraction of sp³-hybridized carbons (Fsp3) is 0.836. The summed E-state index contributed by atoms with van der Waals surface area (Å²) in [5.74, 6) is -0.265. The molecule has 2 rings (SSSR count). The molecule has 2 saturated heterocycles. The number of carbonyl (C=O) groups excluding carboxylic acids is 1. The van der Waals surface area contributed by atoms with E-state index in [-0.39, 0.29) is 18.9 Å². The van der Waals surface area contributed by atoms with Crippen LogP contribution in [0, 0.1) is 0 Å². The van der Waals surface area contributed by atoms with Crippen molar-refractivity contribution in [2.45, 2.75) is 274 Å². The van der Waals surface area contributed by atoms with Crippen molar-refractivity contribution < 1.29 is 64.6 Å². The van der Waals surface area contributed by atoms with Crippen molar-refractivity contribution in [2.24, 2.45) is 0 Å². The number of unbranched alkanes of at least 4 members (excludes halogenated alkanes) is 23. The monoisotopic (exact) mass is 982 g/mol. The average Bonchev–Trinajstić information content (AvgIpc) is 3.35. The lowest BCUT2D eigenvalue weighted by atomic mass is 9.97. The van der Waals surface area contributed by atoms with Crippen LogP contribution in [0.5, 0.6) is 0 Å². The van der Waals surface area contributed by atoms with Gasteiger partial charge in [0, 0.05) is 6.42 Å². The van der Waals surface area contributed by atoms with Gasteiger partial charge in [-0.25, -0.2) is 0 Å². The Balaban J connectivity index is 1.82. The molecule has 1 amide bonds. The van der Waals surface area contributed by atoms with Gasteiger partial charge in [0.05, 0.1) is 32.0 Å². The highest BCUT2D eigenvalue weighted by atomic mass is 16.7. The highest BCUT2D eigenvalue weighted by Crippen LogP contribution is 2.30. The van der Waals surface area contributed by atoms with Gasteiger partial charge in [-0.1, -0.05) is 184 Å². The second-order valence-corrected chi connectivity index (χ2v) is 19.3. The zero-order valence-electron chi connectivity index (χ0n) is 42.8. The third-order valence-electron chi connectivity index (χ3n) is 13.2. The Labute approximate surface area is 416 Å². The number of aliphatic hydroxyl groups is 8. The first-order chi connectivity index (χ1) is 33.6. The van der Waals surface area contributed by atoms with E-state index in [4.69, 9.17) is 18.9 Å². The highest BCUT2D eigenvalue weighted by molar-refractivity contribution is 5.76. The van der Waals surface area contributed by atoms with Gasteiger partial charge in [-0.15, -0.1) is 0 Å². The third-order valence-corrected chi connectivity index (χ3v) is 13.2. The number of rotatable bonds is 42. The van der Waals surface area contributed by atoms with Crippen molar-refractivity contribution in [1.29, 1.82) is 0 Å². The topological polar surface area (TPSA) is 228 Å². The minimum atomic E-state index is -1.79. The molecule has 0 radical (unpaired) electrons. The van der Waals surface area contributed by atoms with Crippen molar-refractivity contribution in [1.82, 2.24) is 5.32 Å². The molecular weight excluding hydrogens is 883 g/mol. The lowest BCUT2D eigenvalue weighted by Gasteiger charge is -2.46. The fourth-order valence-electron chi connectivity index (χ4n) is 8.76. The molecule has 0 aliphatic carbocycles. The summed E-state index contributed by atoms with van der Waals surface area (Å²) < 4.78 is 22.7. The fourth-order valence-corrected chi connectivity index (χ4v) is 8.76. The summed E-state index contributed by atoms with van der Waals surface area (Å²) in [7, 11) is 0. The van der Waals surface area contributed by atoms with Crippen LogP contribution in [0.3, 0.4) is 0 Å². The minimum Gasteiger partial charge on any atom is -0.394 e. The smallest absolute Gasteiger partial charge is 0.220 e. The molecule has 14 nitrogen and oxygen atoms in total. The average molecular weight is 982 g/mol. The van der Waals surface area contributed by atoms with Crippen molar-refractivity contribution in [3.8, 4) is 0 Å².